The van der Waals surface area contributed by atoms with E-state index in [1.54, 1.807) is 12.1 Å². The molecule has 2 aromatic carbocycles. The maximum Gasteiger partial charge on any atom is 0.338 e. The average molecular weight is 327 g/mol. The van der Waals surface area contributed by atoms with Gasteiger partial charge in [-0.1, -0.05) is 24.3 Å². The number of ether oxygens (including phenoxy) is 2. The number of nitrogens with one attached hydrogen (secondary N) is 1. The lowest BCUT2D eigenvalue weighted by molar-refractivity contribution is -0.124. The van der Waals surface area contributed by atoms with Crippen LogP contribution in [0.1, 0.15) is 21.5 Å². The fraction of sp³-hybridized carbons (Fsp3) is 0.263. The summed E-state index contributed by atoms with van der Waals surface area (Å²) in [5.41, 5.74) is 2.55. The zero-order valence-electron chi connectivity index (χ0n) is 13.9. The fourth-order valence-electron chi connectivity index (χ4n) is 2.01. The first kappa shape index (κ1) is 17.5. The van der Waals surface area contributed by atoms with Gasteiger partial charge in [0.05, 0.1) is 12.1 Å². The van der Waals surface area contributed by atoms with Gasteiger partial charge in [0.1, 0.15) is 12.4 Å². The molecular weight excluding hydrogens is 306 g/mol. The first-order chi connectivity index (χ1) is 11.6. The Hall–Kier alpha value is -2.82. The number of carbonyl (C=O) groups excluding carboxylic acids is 2. The zero-order valence-corrected chi connectivity index (χ0v) is 13.9. The van der Waals surface area contributed by atoms with E-state index in [2.05, 4.69) is 5.32 Å². The summed E-state index contributed by atoms with van der Waals surface area (Å²) >= 11 is 0. The van der Waals surface area contributed by atoms with Gasteiger partial charge in [0.25, 0.3) is 5.91 Å². The quantitative estimate of drug-likeness (QED) is 0.627. The molecule has 0 atom stereocenters. The lowest BCUT2D eigenvalue weighted by Gasteiger charge is -2.09. The molecule has 2 rings (SSSR count). The SMILES string of the molecule is Cc1ccc(C(=O)OCC(=O)NCCOc2ccccc2)cc1C. The third-order valence-electron chi connectivity index (χ3n) is 3.51. The Bertz CT molecular complexity index is 698. The van der Waals surface area contributed by atoms with Gasteiger partial charge in [-0.2, -0.15) is 0 Å². The van der Waals surface area contributed by atoms with Gasteiger partial charge in [-0.3, -0.25) is 4.79 Å². The lowest BCUT2D eigenvalue weighted by Crippen LogP contribution is -2.32. The van der Waals surface area contributed by atoms with Crippen LogP contribution in [0.4, 0.5) is 0 Å². The first-order valence-electron chi connectivity index (χ1n) is 7.75. The van der Waals surface area contributed by atoms with Crippen LogP contribution in [-0.2, 0) is 9.53 Å². The fourth-order valence-corrected chi connectivity index (χ4v) is 2.01. The largest absolute Gasteiger partial charge is 0.492 e. The van der Waals surface area contributed by atoms with E-state index in [9.17, 15) is 9.59 Å². The number of benzene rings is 2. The highest BCUT2D eigenvalue weighted by Crippen LogP contribution is 2.10. The van der Waals surface area contributed by atoms with Crippen molar-refractivity contribution in [2.45, 2.75) is 13.8 Å². The maximum absolute atomic E-state index is 11.9. The Morgan fingerprint density at radius 2 is 1.75 bits per heavy atom. The molecule has 0 aliphatic heterocycles. The minimum Gasteiger partial charge on any atom is -0.492 e. The molecule has 1 amide bonds. The van der Waals surface area contributed by atoms with Crippen LogP contribution in [0, 0.1) is 13.8 Å². The Morgan fingerprint density at radius 1 is 1.00 bits per heavy atom. The van der Waals surface area contributed by atoms with Gasteiger partial charge < -0.3 is 14.8 Å². The van der Waals surface area contributed by atoms with E-state index in [4.69, 9.17) is 9.47 Å². The number of carbonyl (C=O) groups is 2. The maximum atomic E-state index is 11.9. The summed E-state index contributed by atoms with van der Waals surface area (Å²) < 4.78 is 10.5. The summed E-state index contributed by atoms with van der Waals surface area (Å²) in [4.78, 5) is 23.6. The van der Waals surface area contributed by atoms with E-state index < -0.39 is 5.97 Å². The van der Waals surface area contributed by atoms with Crippen molar-refractivity contribution in [1.29, 1.82) is 0 Å². The summed E-state index contributed by atoms with van der Waals surface area (Å²) in [6, 6.07) is 14.6. The zero-order chi connectivity index (χ0) is 17.4. The first-order valence-corrected chi connectivity index (χ1v) is 7.75. The van der Waals surface area contributed by atoms with Gasteiger partial charge >= 0.3 is 5.97 Å². The van der Waals surface area contributed by atoms with Gasteiger partial charge in [-0.05, 0) is 49.2 Å². The standard InChI is InChI=1S/C19H21NO4/c1-14-8-9-16(12-15(14)2)19(22)24-13-18(21)20-10-11-23-17-6-4-3-5-7-17/h3-9,12H,10-11,13H2,1-2H3,(H,20,21). The molecule has 0 unspecified atom stereocenters. The highest BCUT2D eigenvalue weighted by molar-refractivity contribution is 5.91. The number of esters is 1. The second kappa shape index (κ2) is 8.72. The van der Waals surface area contributed by atoms with Crippen LogP contribution in [-0.4, -0.2) is 31.6 Å². The summed E-state index contributed by atoms with van der Waals surface area (Å²) in [7, 11) is 0. The summed E-state index contributed by atoms with van der Waals surface area (Å²) in [6.45, 7) is 4.27. The van der Waals surface area contributed by atoms with Crippen molar-refractivity contribution < 1.29 is 19.1 Å². The Balaban J connectivity index is 1.67. The predicted molar refractivity (Wildman–Crippen MR) is 91.1 cm³/mol. The van der Waals surface area contributed by atoms with Crippen molar-refractivity contribution in [3.63, 3.8) is 0 Å². The number of hydrogen-bond donors (Lipinski definition) is 1. The second-order valence-electron chi connectivity index (χ2n) is 5.39. The molecule has 0 radical (unpaired) electrons. The van der Waals surface area contributed by atoms with Gasteiger partial charge in [0.15, 0.2) is 6.61 Å². The number of para-hydroxylation sites is 1. The molecule has 0 aliphatic rings. The highest BCUT2D eigenvalue weighted by Gasteiger charge is 2.10. The predicted octanol–water partition coefficient (Wildman–Crippen LogP) is 2.66. The van der Waals surface area contributed by atoms with E-state index in [1.807, 2.05) is 50.2 Å². The van der Waals surface area contributed by atoms with Gasteiger partial charge in [-0.25, -0.2) is 4.79 Å². The van der Waals surface area contributed by atoms with Crippen molar-refractivity contribution in [3.05, 3.63) is 65.2 Å². The van der Waals surface area contributed by atoms with E-state index in [1.165, 1.54) is 0 Å². The van der Waals surface area contributed by atoms with Crippen LogP contribution in [0.5, 0.6) is 5.75 Å². The molecule has 0 fully saturated rings. The molecule has 1 N–H and O–H groups in total. The molecule has 0 bridgehead atoms. The summed E-state index contributed by atoms with van der Waals surface area (Å²) in [5.74, 6) is -0.120. The number of aryl methyl sites for hydroxylation is 2. The van der Waals surface area contributed by atoms with Gasteiger partial charge in [0, 0.05) is 0 Å². The molecule has 0 spiro atoms. The third kappa shape index (κ3) is 5.43. The van der Waals surface area contributed by atoms with Gasteiger partial charge in [0.2, 0.25) is 0 Å². The van der Waals surface area contributed by atoms with Crippen LogP contribution in [0.25, 0.3) is 0 Å². The average Bonchev–Trinajstić information content (AvgIpc) is 2.60. The molecule has 126 valence electrons. The van der Waals surface area contributed by atoms with E-state index in [0.29, 0.717) is 18.7 Å². The van der Waals surface area contributed by atoms with Gasteiger partial charge in [-0.15, -0.1) is 0 Å². The molecule has 2 aromatic rings. The highest BCUT2D eigenvalue weighted by atomic mass is 16.5. The topological polar surface area (TPSA) is 64.6 Å². The molecule has 0 saturated carbocycles. The van der Waals surface area contributed by atoms with Crippen molar-refractivity contribution in [2.75, 3.05) is 19.8 Å². The van der Waals surface area contributed by atoms with Crippen LogP contribution < -0.4 is 10.1 Å². The molecule has 0 heterocycles. The normalized spacial score (nSPS) is 10.1. The van der Waals surface area contributed by atoms with Crippen molar-refractivity contribution in [2.24, 2.45) is 0 Å². The van der Waals surface area contributed by atoms with E-state index >= 15 is 0 Å². The lowest BCUT2D eigenvalue weighted by atomic mass is 10.1. The van der Waals surface area contributed by atoms with Crippen LogP contribution in [0.15, 0.2) is 48.5 Å². The molecule has 24 heavy (non-hydrogen) atoms. The molecule has 5 heteroatoms. The Labute approximate surface area is 141 Å². The number of rotatable bonds is 7. The smallest absolute Gasteiger partial charge is 0.338 e. The van der Waals surface area contributed by atoms with E-state index in [-0.39, 0.29) is 12.5 Å². The monoisotopic (exact) mass is 327 g/mol. The molecular formula is C19H21NO4. The number of amides is 1. The number of hydrogen-bond acceptors (Lipinski definition) is 4. The second-order valence-corrected chi connectivity index (χ2v) is 5.39. The Kier molecular flexibility index (Phi) is 6.37. The van der Waals surface area contributed by atoms with Crippen molar-refractivity contribution >= 4 is 11.9 Å². The van der Waals surface area contributed by atoms with Crippen LogP contribution in [0.3, 0.4) is 0 Å². The summed E-state index contributed by atoms with van der Waals surface area (Å²) in [5, 5.41) is 2.64. The summed E-state index contributed by atoms with van der Waals surface area (Å²) in [6.07, 6.45) is 0. The minimum atomic E-state index is -0.506. The molecule has 5 nitrogen and oxygen atoms in total. The minimum absolute atomic E-state index is 0.308. The molecule has 0 saturated heterocycles. The Morgan fingerprint density at radius 3 is 2.46 bits per heavy atom. The van der Waals surface area contributed by atoms with Crippen LogP contribution in [0.2, 0.25) is 0 Å². The van der Waals surface area contributed by atoms with E-state index in [0.717, 1.165) is 16.9 Å². The molecule has 0 aromatic heterocycles. The van der Waals surface area contributed by atoms with Crippen molar-refractivity contribution in [1.82, 2.24) is 5.32 Å². The third-order valence-corrected chi connectivity index (χ3v) is 3.51. The van der Waals surface area contributed by atoms with Crippen molar-refractivity contribution in [3.8, 4) is 5.75 Å². The van der Waals surface area contributed by atoms with Crippen LogP contribution >= 0.6 is 0 Å². The molecule has 0 aliphatic carbocycles.